The number of rotatable bonds is 7. The summed E-state index contributed by atoms with van der Waals surface area (Å²) in [4.78, 5) is 45.7. The summed E-state index contributed by atoms with van der Waals surface area (Å²) in [5, 5.41) is 3.21. The molecule has 150 valence electrons. The van der Waals surface area contributed by atoms with Gasteiger partial charge in [-0.25, -0.2) is 4.98 Å². The number of hydrogen-bond donors (Lipinski definition) is 2. The molecular formula is C22H24N4O3. The van der Waals surface area contributed by atoms with E-state index >= 15 is 0 Å². The Hall–Kier alpha value is -3.48. The van der Waals surface area contributed by atoms with E-state index in [1.165, 1.54) is 6.92 Å². The van der Waals surface area contributed by atoms with Crippen LogP contribution in [0.5, 0.6) is 0 Å². The summed E-state index contributed by atoms with van der Waals surface area (Å²) in [5.41, 5.74) is 1.41. The van der Waals surface area contributed by atoms with Gasteiger partial charge in [-0.2, -0.15) is 0 Å². The zero-order valence-electron chi connectivity index (χ0n) is 16.6. The summed E-state index contributed by atoms with van der Waals surface area (Å²) in [6.45, 7) is 4.21. The normalized spacial score (nSPS) is 10.7. The molecule has 0 saturated carbocycles. The Morgan fingerprint density at radius 1 is 1.14 bits per heavy atom. The summed E-state index contributed by atoms with van der Waals surface area (Å²) >= 11 is 0. The van der Waals surface area contributed by atoms with Crippen molar-refractivity contribution < 1.29 is 9.59 Å². The van der Waals surface area contributed by atoms with Crippen LogP contribution < -0.4 is 10.9 Å². The summed E-state index contributed by atoms with van der Waals surface area (Å²) < 4.78 is 0. The van der Waals surface area contributed by atoms with E-state index in [2.05, 4.69) is 22.2 Å². The lowest BCUT2D eigenvalue weighted by Crippen LogP contribution is -2.33. The molecule has 3 rings (SSSR count). The number of carbonyl (C=O) groups excluding carboxylic acids is 2. The van der Waals surface area contributed by atoms with Gasteiger partial charge in [-0.3, -0.25) is 14.4 Å². The minimum absolute atomic E-state index is 0.179. The van der Waals surface area contributed by atoms with Crippen molar-refractivity contribution in [3.8, 4) is 0 Å². The number of hydrogen-bond acceptors (Lipinski definition) is 4. The number of benzene rings is 2. The Bertz CT molecular complexity index is 1090. The molecule has 2 amide bonds. The highest BCUT2D eigenvalue weighted by Gasteiger charge is 2.18. The molecule has 29 heavy (non-hydrogen) atoms. The zero-order valence-corrected chi connectivity index (χ0v) is 16.6. The van der Waals surface area contributed by atoms with Gasteiger partial charge in [-0.05, 0) is 36.8 Å². The Kier molecular flexibility index (Phi) is 6.39. The molecule has 0 atom stereocenters. The van der Waals surface area contributed by atoms with Gasteiger partial charge in [0.15, 0.2) is 0 Å². The fraction of sp³-hybridized carbons (Fsp3) is 0.273. The number of para-hydroxylation sites is 1. The van der Waals surface area contributed by atoms with Gasteiger partial charge >= 0.3 is 0 Å². The maximum absolute atomic E-state index is 13.1. The third kappa shape index (κ3) is 5.07. The number of H-pyrrole nitrogens is 1. The number of amides is 2. The van der Waals surface area contributed by atoms with E-state index in [4.69, 9.17) is 0 Å². The molecule has 0 saturated heterocycles. The fourth-order valence-electron chi connectivity index (χ4n) is 3.11. The Morgan fingerprint density at radius 2 is 1.93 bits per heavy atom. The smallest absolute Gasteiger partial charge is 0.258 e. The van der Waals surface area contributed by atoms with Crippen molar-refractivity contribution in [2.24, 2.45) is 0 Å². The van der Waals surface area contributed by atoms with Gasteiger partial charge in [-0.1, -0.05) is 31.5 Å². The van der Waals surface area contributed by atoms with Crippen LogP contribution in [0.1, 0.15) is 42.9 Å². The predicted molar refractivity (Wildman–Crippen MR) is 113 cm³/mol. The van der Waals surface area contributed by atoms with E-state index in [1.807, 2.05) is 6.07 Å². The third-order valence-corrected chi connectivity index (χ3v) is 4.50. The molecule has 0 aliphatic heterocycles. The van der Waals surface area contributed by atoms with Crippen molar-refractivity contribution in [2.45, 2.75) is 33.2 Å². The first kappa shape index (κ1) is 20.3. The first-order valence-corrected chi connectivity index (χ1v) is 9.63. The lowest BCUT2D eigenvalue weighted by molar-refractivity contribution is -0.114. The second-order valence-corrected chi connectivity index (χ2v) is 6.87. The topological polar surface area (TPSA) is 95.2 Å². The Labute approximate surface area is 168 Å². The van der Waals surface area contributed by atoms with Crippen molar-refractivity contribution in [1.82, 2.24) is 14.9 Å². The van der Waals surface area contributed by atoms with Crippen molar-refractivity contribution in [3.05, 3.63) is 70.3 Å². The number of aromatic amines is 1. The van der Waals surface area contributed by atoms with Crippen molar-refractivity contribution in [2.75, 3.05) is 11.9 Å². The molecule has 2 aromatic carbocycles. The number of anilines is 1. The summed E-state index contributed by atoms with van der Waals surface area (Å²) in [7, 11) is 0. The van der Waals surface area contributed by atoms with Gasteiger partial charge in [-0.15, -0.1) is 0 Å². The van der Waals surface area contributed by atoms with Crippen LogP contribution in [0.15, 0.2) is 53.3 Å². The number of fused-ring (bicyclic) bond motifs is 1. The van der Waals surface area contributed by atoms with Gasteiger partial charge in [0.25, 0.3) is 11.5 Å². The second kappa shape index (κ2) is 9.14. The minimum atomic E-state index is -0.221. The van der Waals surface area contributed by atoms with Crippen LogP contribution in [0.3, 0.4) is 0 Å². The molecule has 0 aliphatic rings. The summed E-state index contributed by atoms with van der Waals surface area (Å²) in [6.07, 6.45) is 1.76. The number of carbonyl (C=O) groups is 2. The van der Waals surface area contributed by atoms with Crippen LogP contribution >= 0.6 is 0 Å². The van der Waals surface area contributed by atoms with Crippen molar-refractivity contribution in [3.63, 3.8) is 0 Å². The Morgan fingerprint density at radius 3 is 2.69 bits per heavy atom. The van der Waals surface area contributed by atoms with Crippen molar-refractivity contribution >= 4 is 28.4 Å². The summed E-state index contributed by atoms with van der Waals surface area (Å²) in [5.74, 6) is 0.0630. The molecule has 2 N–H and O–H groups in total. The first-order chi connectivity index (χ1) is 14.0. The van der Waals surface area contributed by atoms with Gasteiger partial charge < -0.3 is 15.2 Å². The molecular weight excluding hydrogens is 368 g/mol. The van der Waals surface area contributed by atoms with Gasteiger partial charge in [0.05, 0.1) is 17.4 Å². The first-order valence-electron chi connectivity index (χ1n) is 9.63. The monoisotopic (exact) mass is 392 g/mol. The van der Waals surface area contributed by atoms with Gasteiger partial charge in [0, 0.05) is 24.7 Å². The van der Waals surface area contributed by atoms with E-state index < -0.39 is 0 Å². The molecule has 0 fully saturated rings. The molecule has 7 heteroatoms. The van der Waals surface area contributed by atoms with E-state index in [0.29, 0.717) is 34.5 Å². The highest BCUT2D eigenvalue weighted by atomic mass is 16.2. The summed E-state index contributed by atoms with van der Waals surface area (Å²) in [6, 6.07) is 13.9. The number of nitrogens with one attached hydrogen (secondary N) is 2. The van der Waals surface area contributed by atoms with E-state index in [0.717, 1.165) is 12.8 Å². The molecule has 0 radical (unpaired) electrons. The number of nitrogens with zero attached hydrogens (tertiary/aromatic N) is 2. The number of unbranched alkanes of at least 4 members (excludes halogenated alkanes) is 1. The van der Waals surface area contributed by atoms with Crippen LogP contribution in [-0.4, -0.2) is 33.2 Å². The molecule has 1 aromatic heterocycles. The van der Waals surface area contributed by atoms with E-state index in [-0.39, 0.29) is 23.9 Å². The number of aromatic nitrogens is 2. The highest BCUT2D eigenvalue weighted by Crippen LogP contribution is 2.15. The molecule has 1 heterocycles. The lowest BCUT2D eigenvalue weighted by Gasteiger charge is -2.22. The largest absolute Gasteiger partial charge is 0.331 e. The molecule has 0 spiro atoms. The molecule has 0 unspecified atom stereocenters. The van der Waals surface area contributed by atoms with Crippen LogP contribution in [-0.2, 0) is 11.3 Å². The van der Waals surface area contributed by atoms with Crippen LogP contribution in [0.4, 0.5) is 5.69 Å². The third-order valence-electron chi connectivity index (χ3n) is 4.50. The average Bonchev–Trinajstić information content (AvgIpc) is 2.70. The van der Waals surface area contributed by atoms with E-state index in [1.54, 1.807) is 47.4 Å². The van der Waals surface area contributed by atoms with Crippen LogP contribution in [0, 0.1) is 0 Å². The maximum Gasteiger partial charge on any atom is 0.258 e. The minimum Gasteiger partial charge on any atom is -0.331 e. The second-order valence-electron chi connectivity index (χ2n) is 6.87. The SMILES string of the molecule is CCCCN(Cc1nc2ccccc2c(=O)[nH]1)C(=O)c1cccc(NC(C)=O)c1. The van der Waals surface area contributed by atoms with Crippen LogP contribution in [0.25, 0.3) is 10.9 Å². The van der Waals surface area contributed by atoms with Gasteiger partial charge in [0.1, 0.15) is 5.82 Å². The zero-order chi connectivity index (χ0) is 20.8. The van der Waals surface area contributed by atoms with Crippen LogP contribution in [0.2, 0.25) is 0 Å². The molecule has 3 aromatic rings. The molecule has 7 nitrogen and oxygen atoms in total. The van der Waals surface area contributed by atoms with Crippen molar-refractivity contribution in [1.29, 1.82) is 0 Å². The Balaban J connectivity index is 1.89. The maximum atomic E-state index is 13.1. The highest BCUT2D eigenvalue weighted by molar-refractivity contribution is 5.96. The lowest BCUT2D eigenvalue weighted by atomic mass is 10.1. The quantitative estimate of drug-likeness (QED) is 0.645. The van der Waals surface area contributed by atoms with E-state index in [9.17, 15) is 14.4 Å². The fourth-order valence-corrected chi connectivity index (χ4v) is 3.11. The average molecular weight is 392 g/mol. The predicted octanol–water partition coefficient (Wildman–Crippen LogP) is 3.32. The molecule has 0 bridgehead atoms. The standard InChI is InChI=1S/C22H24N4O3/c1-3-4-12-26(22(29)16-8-7-9-17(13-16)23-15(2)27)14-20-24-19-11-6-5-10-18(19)21(28)25-20/h5-11,13H,3-4,12,14H2,1-2H3,(H,23,27)(H,24,25,28). The molecule has 0 aliphatic carbocycles. The van der Waals surface area contributed by atoms with Gasteiger partial charge in [0.2, 0.25) is 5.91 Å².